The fourth-order valence-electron chi connectivity index (χ4n) is 1.92. The molecule has 0 radical (unpaired) electrons. The maximum atomic E-state index is 6.19. The molecule has 7 heteroatoms. The van der Waals surface area contributed by atoms with Crippen LogP contribution in [0.4, 0.5) is 0 Å². The number of hydrogen-bond donors (Lipinski definition) is 0. The third kappa shape index (κ3) is 3.57. The van der Waals surface area contributed by atoms with E-state index in [1.54, 1.807) is 22.8 Å². The third-order valence-corrected chi connectivity index (χ3v) is 4.53. The summed E-state index contributed by atoms with van der Waals surface area (Å²) >= 11 is 21.8. The number of hydrogen-bond acceptors (Lipinski definition) is 2. The SMILES string of the molecule is CC.Clc1cccc(Cc2cc(Cl)n3ncc(Br)c3n2)c1Cl. The topological polar surface area (TPSA) is 30.2 Å². The summed E-state index contributed by atoms with van der Waals surface area (Å²) in [6, 6.07) is 7.30. The lowest BCUT2D eigenvalue weighted by Crippen LogP contribution is -1.99. The number of rotatable bonds is 2. The van der Waals surface area contributed by atoms with Crippen LogP contribution in [0.15, 0.2) is 34.9 Å². The van der Waals surface area contributed by atoms with Crippen molar-refractivity contribution in [3.05, 3.63) is 61.4 Å². The molecular weight excluding hydrogens is 408 g/mol. The predicted molar refractivity (Wildman–Crippen MR) is 96.3 cm³/mol. The van der Waals surface area contributed by atoms with Crippen molar-refractivity contribution >= 4 is 56.4 Å². The second-order valence-corrected chi connectivity index (χ2v) is 6.21. The molecule has 0 saturated carbocycles. The molecule has 3 rings (SSSR count). The minimum atomic E-state index is 0.494. The van der Waals surface area contributed by atoms with Crippen LogP contribution in [0.1, 0.15) is 25.1 Å². The van der Waals surface area contributed by atoms with Gasteiger partial charge in [0.15, 0.2) is 5.65 Å². The molecule has 3 aromatic rings. The Labute approximate surface area is 152 Å². The molecule has 0 saturated heterocycles. The highest BCUT2D eigenvalue weighted by atomic mass is 79.9. The Kier molecular flexibility index (Phi) is 6.09. The molecule has 0 N–H and O–H groups in total. The molecule has 0 aliphatic heterocycles. The van der Waals surface area contributed by atoms with E-state index in [9.17, 15) is 0 Å². The van der Waals surface area contributed by atoms with Crippen molar-refractivity contribution < 1.29 is 0 Å². The van der Waals surface area contributed by atoms with E-state index in [1.807, 2.05) is 26.0 Å². The molecule has 0 aliphatic rings. The zero-order chi connectivity index (χ0) is 16.3. The third-order valence-electron chi connectivity index (χ3n) is 2.84. The molecule has 22 heavy (non-hydrogen) atoms. The molecule has 3 nitrogen and oxygen atoms in total. The van der Waals surface area contributed by atoms with Crippen LogP contribution in [0.5, 0.6) is 0 Å². The second-order valence-electron chi connectivity index (χ2n) is 4.19. The molecule has 0 unspecified atom stereocenters. The number of nitrogens with zero attached hydrogens (tertiary/aromatic N) is 3. The van der Waals surface area contributed by atoms with Gasteiger partial charge in [0, 0.05) is 6.42 Å². The fraction of sp³-hybridized carbons (Fsp3) is 0.200. The van der Waals surface area contributed by atoms with Crippen molar-refractivity contribution in [2.45, 2.75) is 20.3 Å². The van der Waals surface area contributed by atoms with Crippen LogP contribution in [0.25, 0.3) is 5.65 Å². The number of aromatic nitrogens is 3. The lowest BCUT2D eigenvalue weighted by molar-refractivity contribution is 0.919. The van der Waals surface area contributed by atoms with Gasteiger partial charge in [-0.25, -0.2) is 9.50 Å². The van der Waals surface area contributed by atoms with Crippen LogP contribution in [-0.2, 0) is 6.42 Å². The Hall–Kier alpha value is -0.810. The van der Waals surface area contributed by atoms with E-state index in [0.29, 0.717) is 27.3 Å². The van der Waals surface area contributed by atoms with Gasteiger partial charge in [-0.3, -0.25) is 0 Å². The molecule has 2 aromatic heterocycles. The highest BCUT2D eigenvalue weighted by molar-refractivity contribution is 9.10. The van der Waals surface area contributed by atoms with E-state index in [2.05, 4.69) is 26.0 Å². The maximum absolute atomic E-state index is 6.19. The molecule has 0 fully saturated rings. The van der Waals surface area contributed by atoms with Gasteiger partial charge in [0.1, 0.15) is 5.15 Å². The fourth-order valence-corrected chi connectivity index (χ4v) is 2.90. The van der Waals surface area contributed by atoms with E-state index in [1.165, 1.54) is 0 Å². The summed E-state index contributed by atoms with van der Waals surface area (Å²) in [5.41, 5.74) is 2.38. The summed E-state index contributed by atoms with van der Waals surface area (Å²) in [6.45, 7) is 4.00. The van der Waals surface area contributed by atoms with Crippen LogP contribution >= 0.6 is 50.7 Å². The zero-order valence-electron chi connectivity index (χ0n) is 11.9. The Morgan fingerprint density at radius 3 is 2.64 bits per heavy atom. The van der Waals surface area contributed by atoms with Crippen molar-refractivity contribution in [2.75, 3.05) is 0 Å². The van der Waals surface area contributed by atoms with Crippen LogP contribution in [-0.4, -0.2) is 14.6 Å². The van der Waals surface area contributed by atoms with Gasteiger partial charge in [-0.05, 0) is 33.6 Å². The molecule has 0 aliphatic carbocycles. The largest absolute Gasteiger partial charge is 0.232 e. The van der Waals surface area contributed by atoms with Gasteiger partial charge in [-0.1, -0.05) is 60.8 Å². The zero-order valence-corrected chi connectivity index (χ0v) is 15.8. The number of halogens is 4. The molecule has 0 spiro atoms. The van der Waals surface area contributed by atoms with Crippen LogP contribution in [0.3, 0.4) is 0 Å². The lowest BCUT2D eigenvalue weighted by Gasteiger charge is -2.07. The van der Waals surface area contributed by atoms with Crippen molar-refractivity contribution in [1.82, 2.24) is 14.6 Å². The van der Waals surface area contributed by atoms with Gasteiger partial charge in [0.05, 0.1) is 26.4 Å². The minimum absolute atomic E-state index is 0.494. The Morgan fingerprint density at radius 1 is 1.18 bits per heavy atom. The van der Waals surface area contributed by atoms with Crippen LogP contribution < -0.4 is 0 Å². The van der Waals surface area contributed by atoms with Crippen LogP contribution in [0, 0.1) is 0 Å². The average molecular weight is 422 g/mol. The monoisotopic (exact) mass is 419 g/mol. The first-order valence-corrected chi connectivity index (χ1v) is 8.60. The molecular formula is C15H13BrCl3N3. The van der Waals surface area contributed by atoms with E-state index < -0.39 is 0 Å². The molecule has 0 bridgehead atoms. The van der Waals surface area contributed by atoms with Crippen molar-refractivity contribution in [1.29, 1.82) is 0 Å². The predicted octanol–water partition coefficient (Wildman–Crippen LogP) is 6.07. The average Bonchev–Trinajstić information content (AvgIpc) is 2.88. The lowest BCUT2D eigenvalue weighted by atomic mass is 10.1. The first-order chi connectivity index (χ1) is 10.6. The summed E-state index contributed by atoms with van der Waals surface area (Å²) in [5, 5.41) is 5.69. The van der Waals surface area contributed by atoms with Crippen molar-refractivity contribution in [2.24, 2.45) is 0 Å². The van der Waals surface area contributed by atoms with E-state index in [0.717, 1.165) is 15.7 Å². The van der Waals surface area contributed by atoms with Gasteiger partial charge < -0.3 is 0 Å². The Balaban J connectivity index is 0.000000847. The summed E-state index contributed by atoms with van der Waals surface area (Å²) in [5.74, 6) is 0. The maximum Gasteiger partial charge on any atom is 0.171 e. The summed E-state index contributed by atoms with van der Waals surface area (Å²) in [6.07, 6.45) is 2.21. The number of benzene rings is 1. The second kappa shape index (κ2) is 7.64. The van der Waals surface area contributed by atoms with Crippen LogP contribution in [0.2, 0.25) is 15.2 Å². The summed E-state index contributed by atoms with van der Waals surface area (Å²) in [7, 11) is 0. The smallest absolute Gasteiger partial charge is 0.171 e. The normalized spacial score (nSPS) is 10.5. The summed E-state index contributed by atoms with van der Waals surface area (Å²) in [4.78, 5) is 4.53. The molecule has 0 atom stereocenters. The first-order valence-electron chi connectivity index (χ1n) is 6.68. The van der Waals surface area contributed by atoms with Gasteiger partial charge in [0.2, 0.25) is 0 Å². The Morgan fingerprint density at radius 2 is 1.91 bits per heavy atom. The molecule has 2 heterocycles. The van der Waals surface area contributed by atoms with Gasteiger partial charge in [0.25, 0.3) is 0 Å². The van der Waals surface area contributed by atoms with E-state index in [-0.39, 0.29) is 0 Å². The number of fused-ring (bicyclic) bond motifs is 1. The van der Waals surface area contributed by atoms with E-state index >= 15 is 0 Å². The van der Waals surface area contributed by atoms with Crippen molar-refractivity contribution in [3.8, 4) is 0 Å². The van der Waals surface area contributed by atoms with Crippen molar-refractivity contribution in [3.63, 3.8) is 0 Å². The first kappa shape index (κ1) is 17.5. The minimum Gasteiger partial charge on any atom is -0.232 e. The van der Waals surface area contributed by atoms with Gasteiger partial charge >= 0.3 is 0 Å². The quantitative estimate of drug-likeness (QED) is 0.470. The van der Waals surface area contributed by atoms with Gasteiger partial charge in [-0.15, -0.1) is 0 Å². The molecule has 0 amide bonds. The van der Waals surface area contributed by atoms with Gasteiger partial charge in [-0.2, -0.15) is 5.10 Å². The summed E-state index contributed by atoms with van der Waals surface area (Å²) < 4.78 is 2.35. The Bertz CT molecular complexity index is 802. The highest BCUT2D eigenvalue weighted by Gasteiger charge is 2.11. The van der Waals surface area contributed by atoms with E-state index in [4.69, 9.17) is 34.8 Å². The molecule has 116 valence electrons. The standard InChI is InChI=1S/C13H7BrCl3N3.C2H6/c14-9-6-18-20-11(16)5-8(19-13(9)20)4-7-2-1-3-10(15)12(7)17;1-2/h1-3,5-6H,4H2;1-2H3. The molecule has 1 aromatic carbocycles. The highest BCUT2D eigenvalue weighted by Crippen LogP contribution is 2.28.